The Labute approximate surface area is 197 Å². The van der Waals surface area contributed by atoms with Gasteiger partial charge in [0.2, 0.25) is 5.91 Å². The van der Waals surface area contributed by atoms with Crippen molar-refractivity contribution in [3.05, 3.63) is 53.9 Å². The minimum atomic E-state index is -0.907. The minimum Gasteiger partial charge on any atom is -0.495 e. The summed E-state index contributed by atoms with van der Waals surface area (Å²) in [4.78, 5) is 43.3. The third kappa shape index (κ3) is 4.59. The van der Waals surface area contributed by atoms with Crippen LogP contribution in [0.3, 0.4) is 0 Å². The van der Waals surface area contributed by atoms with E-state index in [0.717, 1.165) is 22.5 Å². The number of hydrogen-bond acceptors (Lipinski definition) is 6. The fraction of sp³-hybridized carbons (Fsp3) is 0.360. The van der Waals surface area contributed by atoms with Crippen LogP contribution in [-0.2, 0) is 20.9 Å². The number of esters is 1. The highest BCUT2D eigenvalue weighted by Gasteiger charge is 2.36. The second-order valence-corrected chi connectivity index (χ2v) is 9.29. The standard InChI is InChI=1S/C25H28N4O5/c1-25(2,3)34-22(30)10-8-19(23(26)31)29-13-16-11-15(5-7-18(16)24(29)32)20-12-27-21-9-6-17(33-4)14-28(20)21/h5-7,9,11-12,14,19H,8,10,13H2,1-4H3,(H2,26,31). The van der Waals surface area contributed by atoms with E-state index in [-0.39, 0.29) is 25.3 Å². The van der Waals surface area contributed by atoms with Crippen LogP contribution in [0.2, 0.25) is 0 Å². The molecule has 178 valence electrons. The highest BCUT2D eigenvalue weighted by atomic mass is 16.6. The van der Waals surface area contributed by atoms with Crippen LogP contribution in [0.1, 0.15) is 49.5 Å². The summed E-state index contributed by atoms with van der Waals surface area (Å²) in [5, 5.41) is 0. The highest BCUT2D eigenvalue weighted by molar-refractivity contribution is 6.01. The lowest BCUT2D eigenvalue weighted by Crippen LogP contribution is -2.45. The van der Waals surface area contributed by atoms with Crippen molar-refractivity contribution in [2.45, 2.75) is 51.8 Å². The Kier molecular flexibility index (Phi) is 6.03. The molecule has 0 bridgehead atoms. The number of carbonyl (C=O) groups excluding carboxylic acids is 3. The largest absolute Gasteiger partial charge is 0.495 e. The predicted molar refractivity (Wildman–Crippen MR) is 125 cm³/mol. The van der Waals surface area contributed by atoms with Gasteiger partial charge in [-0.2, -0.15) is 0 Å². The maximum absolute atomic E-state index is 13.1. The van der Waals surface area contributed by atoms with Gasteiger partial charge in [-0.25, -0.2) is 4.98 Å². The zero-order chi connectivity index (χ0) is 24.6. The molecule has 3 aromatic rings. The van der Waals surface area contributed by atoms with E-state index in [1.807, 2.05) is 34.9 Å². The zero-order valence-corrected chi connectivity index (χ0v) is 19.7. The molecule has 1 atom stereocenters. The van der Waals surface area contributed by atoms with Crippen LogP contribution in [0.4, 0.5) is 0 Å². The molecule has 9 nitrogen and oxygen atoms in total. The summed E-state index contributed by atoms with van der Waals surface area (Å²) in [6.07, 6.45) is 3.70. The molecular formula is C25H28N4O5. The monoisotopic (exact) mass is 464 g/mol. The quantitative estimate of drug-likeness (QED) is 0.538. The van der Waals surface area contributed by atoms with Gasteiger partial charge in [-0.1, -0.05) is 6.07 Å². The van der Waals surface area contributed by atoms with E-state index in [9.17, 15) is 14.4 Å². The van der Waals surface area contributed by atoms with Crippen LogP contribution in [-0.4, -0.2) is 50.8 Å². The van der Waals surface area contributed by atoms with Gasteiger partial charge in [-0.3, -0.25) is 18.8 Å². The smallest absolute Gasteiger partial charge is 0.306 e. The number of carbonyl (C=O) groups is 3. The lowest BCUT2D eigenvalue weighted by molar-refractivity contribution is -0.155. The molecule has 1 aliphatic rings. The summed E-state index contributed by atoms with van der Waals surface area (Å²) in [7, 11) is 1.60. The minimum absolute atomic E-state index is 0.0140. The summed E-state index contributed by atoms with van der Waals surface area (Å²) in [6.45, 7) is 5.54. The number of benzene rings is 1. The molecule has 1 unspecified atom stereocenters. The van der Waals surface area contributed by atoms with E-state index in [4.69, 9.17) is 15.2 Å². The number of methoxy groups -OCH3 is 1. The molecular weight excluding hydrogens is 436 g/mol. The molecule has 34 heavy (non-hydrogen) atoms. The average Bonchev–Trinajstić information content (AvgIpc) is 3.33. The number of imidazole rings is 1. The molecule has 0 aliphatic carbocycles. The van der Waals surface area contributed by atoms with Crippen molar-refractivity contribution in [2.24, 2.45) is 5.73 Å². The van der Waals surface area contributed by atoms with E-state index in [1.165, 1.54) is 4.90 Å². The maximum Gasteiger partial charge on any atom is 0.306 e. The normalized spacial score (nSPS) is 14.2. The molecule has 1 aliphatic heterocycles. The molecule has 0 radical (unpaired) electrons. The van der Waals surface area contributed by atoms with Crippen LogP contribution < -0.4 is 10.5 Å². The van der Waals surface area contributed by atoms with Crippen molar-refractivity contribution in [2.75, 3.05) is 7.11 Å². The Bertz CT molecular complexity index is 1270. The summed E-state index contributed by atoms with van der Waals surface area (Å²) in [6, 6.07) is 8.32. The third-order valence-corrected chi connectivity index (χ3v) is 5.69. The van der Waals surface area contributed by atoms with Gasteiger partial charge in [0.05, 0.1) is 25.2 Å². The average molecular weight is 465 g/mol. The van der Waals surface area contributed by atoms with Crippen LogP contribution in [0.15, 0.2) is 42.7 Å². The fourth-order valence-corrected chi connectivity index (χ4v) is 4.15. The lowest BCUT2D eigenvalue weighted by atomic mass is 10.0. The van der Waals surface area contributed by atoms with Crippen LogP contribution >= 0.6 is 0 Å². The SMILES string of the molecule is COc1ccc2ncc(-c3ccc4c(c3)CN(C(CCC(=O)OC(C)(C)C)C(N)=O)C4=O)n2c1. The maximum atomic E-state index is 13.1. The number of hydrogen-bond donors (Lipinski definition) is 1. The summed E-state index contributed by atoms with van der Waals surface area (Å²) < 4.78 is 12.6. The van der Waals surface area contributed by atoms with Crippen molar-refractivity contribution >= 4 is 23.4 Å². The van der Waals surface area contributed by atoms with E-state index < -0.39 is 23.5 Å². The first-order chi connectivity index (χ1) is 16.1. The van der Waals surface area contributed by atoms with Gasteiger partial charge in [0, 0.05) is 24.1 Å². The molecule has 0 saturated heterocycles. The molecule has 0 fully saturated rings. The molecule has 0 saturated carbocycles. The third-order valence-electron chi connectivity index (χ3n) is 5.69. The van der Waals surface area contributed by atoms with Crippen LogP contribution in [0.5, 0.6) is 5.75 Å². The first-order valence-corrected chi connectivity index (χ1v) is 11.0. The lowest BCUT2D eigenvalue weighted by Gasteiger charge is -2.25. The Morgan fingerprint density at radius 1 is 1.21 bits per heavy atom. The van der Waals surface area contributed by atoms with Crippen LogP contribution in [0.25, 0.3) is 16.9 Å². The number of pyridine rings is 1. The Hall–Kier alpha value is -3.88. The molecule has 4 rings (SSSR count). The van der Waals surface area contributed by atoms with E-state index in [0.29, 0.717) is 11.3 Å². The van der Waals surface area contributed by atoms with Gasteiger partial charge in [-0.05, 0) is 57.0 Å². The zero-order valence-electron chi connectivity index (χ0n) is 19.7. The van der Waals surface area contributed by atoms with E-state index >= 15 is 0 Å². The van der Waals surface area contributed by atoms with Crippen molar-refractivity contribution < 1.29 is 23.9 Å². The number of primary amides is 1. The fourth-order valence-electron chi connectivity index (χ4n) is 4.15. The Balaban J connectivity index is 1.57. The van der Waals surface area contributed by atoms with Gasteiger partial charge in [0.25, 0.3) is 5.91 Å². The molecule has 2 N–H and O–H groups in total. The molecule has 9 heteroatoms. The summed E-state index contributed by atoms with van der Waals surface area (Å²) >= 11 is 0. The van der Waals surface area contributed by atoms with Gasteiger partial charge in [-0.15, -0.1) is 0 Å². The second kappa shape index (κ2) is 8.81. The number of fused-ring (bicyclic) bond motifs is 2. The number of aromatic nitrogens is 2. The molecule has 2 aromatic heterocycles. The first kappa shape index (κ1) is 23.3. The Morgan fingerprint density at radius 3 is 2.65 bits per heavy atom. The first-order valence-electron chi connectivity index (χ1n) is 11.0. The number of ether oxygens (including phenoxy) is 2. The molecule has 0 spiro atoms. The van der Waals surface area contributed by atoms with Gasteiger partial charge in [0.1, 0.15) is 23.0 Å². The van der Waals surface area contributed by atoms with Crippen LogP contribution in [0, 0.1) is 0 Å². The molecule has 3 heterocycles. The summed E-state index contributed by atoms with van der Waals surface area (Å²) in [5.74, 6) is -0.676. The van der Waals surface area contributed by atoms with Crippen molar-refractivity contribution in [1.82, 2.24) is 14.3 Å². The second-order valence-electron chi connectivity index (χ2n) is 9.29. The number of rotatable bonds is 7. The Morgan fingerprint density at radius 2 is 1.97 bits per heavy atom. The molecule has 2 amide bonds. The van der Waals surface area contributed by atoms with Gasteiger partial charge in [0.15, 0.2) is 0 Å². The van der Waals surface area contributed by atoms with Crippen molar-refractivity contribution in [1.29, 1.82) is 0 Å². The van der Waals surface area contributed by atoms with E-state index in [1.54, 1.807) is 40.1 Å². The number of nitrogens with zero attached hydrogens (tertiary/aromatic N) is 3. The predicted octanol–water partition coefficient (Wildman–Crippen LogP) is 2.94. The van der Waals surface area contributed by atoms with Crippen molar-refractivity contribution in [3.63, 3.8) is 0 Å². The van der Waals surface area contributed by atoms with E-state index in [2.05, 4.69) is 4.98 Å². The number of amides is 2. The molecule has 1 aromatic carbocycles. The topological polar surface area (TPSA) is 116 Å². The summed E-state index contributed by atoms with van der Waals surface area (Å²) in [5.41, 5.74) is 8.77. The van der Waals surface area contributed by atoms with Crippen molar-refractivity contribution in [3.8, 4) is 17.0 Å². The number of nitrogens with two attached hydrogens (primary N) is 1. The highest BCUT2D eigenvalue weighted by Crippen LogP contribution is 2.31. The van der Waals surface area contributed by atoms with Gasteiger partial charge >= 0.3 is 5.97 Å². The van der Waals surface area contributed by atoms with Gasteiger partial charge < -0.3 is 20.1 Å².